The molecule has 0 radical (unpaired) electrons. The van der Waals surface area contributed by atoms with Crippen molar-refractivity contribution in [3.05, 3.63) is 51.3 Å². The zero-order valence-electron chi connectivity index (χ0n) is 16.3. The van der Waals surface area contributed by atoms with Gasteiger partial charge in [-0.15, -0.1) is 0 Å². The van der Waals surface area contributed by atoms with Crippen molar-refractivity contribution < 1.29 is 24.2 Å². The molecule has 1 aliphatic rings. The van der Waals surface area contributed by atoms with E-state index in [9.17, 15) is 24.6 Å². The van der Waals surface area contributed by atoms with E-state index in [2.05, 4.69) is 10.3 Å². The second-order valence-corrected chi connectivity index (χ2v) is 7.22. The van der Waals surface area contributed by atoms with Gasteiger partial charge in [-0.05, 0) is 6.07 Å². The van der Waals surface area contributed by atoms with E-state index >= 15 is 0 Å². The lowest BCUT2D eigenvalue weighted by Crippen LogP contribution is -2.59. The van der Waals surface area contributed by atoms with Crippen molar-refractivity contribution in [2.45, 2.75) is 30.9 Å². The van der Waals surface area contributed by atoms with Crippen LogP contribution in [0.15, 0.2) is 38.9 Å². The molecule has 3 aromatic rings. The topological polar surface area (TPSA) is 154 Å². The summed E-state index contributed by atoms with van der Waals surface area (Å²) in [6.07, 6.45) is 0.535. The van der Waals surface area contributed by atoms with Gasteiger partial charge >= 0.3 is 5.69 Å². The van der Waals surface area contributed by atoms with Gasteiger partial charge in [0.1, 0.15) is 30.2 Å². The summed E-state index contributed by atoms with van der Waals surface area (Å²) in [6, 6.07) is 0.651. The van der Waals surface area contributed by atoms with E-state index in [0.29, 0.717) is 0 Å². The highest BCUT2D eigenvalue weighted by Crippen LogP contribution is 2.19. The number of aliphatic hydroxyl groups is 2. The standard InChI is InChI=1S/C18H21N5O7/c1-21-16-12(17(27)22(2)18(21)28)19-8-23(16)5-11-14(25)13(24)10(7-30-11)20-15(26)9-3-4-29-6-9/h3-4,6,8,10-11,13-14,24-25H,5,7H2,1-2H3,(H,20,26)/t10-,11-,13+,14-/m1/s1. The summed E-state index contributed by atoms with van der Waals surface area (Å²) in [6.45, 7) is -0.00260. The highest BCUT2D eigenvalue weighted by molar-refractivity contribution is 5.94. The number of nitrogens with one attached hydrogen (secondary N) is 1. The Balaban J connectivity index is 1.53. The molecule has 12 heteroatoms. The lowest BCUT2D eigenvalue weighted by atomic mass is 9.97. The van der Waals surface area contributed by atoms with Crippen molar-refractivity contribution in [1.29, 1.82) is 0 Å². The second-order valence-electron chi connectivity index (χ2n) is 7.22. The van der Waals surface area contributed by atoms with Crippen LogP contribution < -0.4 is 16.6 Å². The Hall–Kier alpha value is -3.22. The minimum atomic E-state index is -1.32. The van der Waals surface area contributed by atoms with Crippen LogP contribution in [0.5, 0.6) is 0 Å². The largest absolute Gasteiger partial charge is 0.472 e. The number of hydrogen-bond acceptors (Lipinski definition) is 8. The summed E-state index contributed by atoms with van der Waals surface area (Å²) in [7, 11) is 2.88. The first-order valence-electron chi connectivity index (χ1n) is 9.21. The van der Waals surface area contributed by atoms with Crippen molar-refractivity contribution >= 4 is 17.1 Å². The zero-order valence-corrected chi connectivity index (χ0v) is 16.3. The van der Waals surface area contributed by atoms with E-state index in [1.54, 1.807) is 0 Å². The molecule has 1 amide bonds. The van der Waals surface area contributed by atoms with Gasteiger partial charge in [-0.1, -0.05) is 0 Å². The van der Waals surface area contributed by atoms with Gasteiger partial charge in [0.15, 0.2) is 5.52 Å². The first kappa shape index (κ1) is 20.1. The number of carbonyl (C=O) groups excluding carboxylic acids is 1. The maximum absolute atomic E-state index is 12.3. The SMILES string of the molecule is Cn1c(=O)c2ncn(C[C@H]3OC[C@@H](NC(=O)c4ccoc4)[C@H](O)[C@@H]3O)c2n(C)c1=O. The fraction of sp³-hybridized carbons (Fsp3) is 0.444. The van der Waals surface area contributed by atoms with Crippen molar-refractivity contribution in [2.75, 3.05) is 6.61 Å². The zero-order chi connectivity index (χ0) is 21.6. The lowest BCUT2D eigenvalue weighted by Gasteiger charge is -2.38. The molecule has 1 fully saturated rings. The van der Waals surface area contributed by atoms with Crippen LogP contribution in [-0.4, -0.2) is 65.8 Å². The molecule has 1 saturated heterocycles. The summed E-state index contributed by atoms with van der Waals surface area (Å²) in [4.78, 5) is 40.7. The number of imidazole rings is 1. The van der Waals surface area contributed by atoms with E-state index in [-0.39, 0.29) is 29.9 Å². The van der Waals surface area contributed by atoms with Crippen LogP contribution in [0.1, 0.15) is 10.4 Å². The van der Waals surface area contributed by atoms with Crippen LogP contribution in [0.3, 0.4) is 0 Å². The van der Waals surface area contributed by atoms with E-state index < -0.39 is 41.5 Å². The van der Waals surface area contributed by atoms with Gasteiger partial charge in [0, 0.05) is 14.1 Å². The van der Waals surface area contributed by atoms with Crippen molar-refractivity contribution in [3.63, 3.8) is 0 Å². The molecule has 4 rings (SSSR count). The molecule has 30 heavy (non-hydrogen) atoms. The number of amides is 1. The van der Waals surface area contributed by atoms with Crippen molar-refractivity contribution in [1.82, 2.24) is 24.0 Å². The minimum Gasteiger partial charge on any atom is -0.472 e. The summed E-state index contributed by atoms with van der Waals surface area (Å²) < 4.78 is 14.3. The molecule has 0 bridgehead atoms. The highest BCUT2D eigenvalue weighted by atomic mass is 16.5. The van der Waals surface area contributed by atoms with Gasteiger partial charge in [-0.3, -0.25) is 18.7 Å². The third kappa shape index (κ3) is 3.24. The Bertz CT molecular complexity index is 1190. The van der Waals surface area contributed by atoms with Crippen molar-refractivity contribution in [3.8, 4) is 0 Å². The summed E-state index contributed by atoms with van der Waals surface area (Å²) in [5.41, 5.74) is -0.369. The smallest absolute Gasteiger partial charge is 0.332 e. The van der Waals surface area contributed by atoms with Gasteiger partial charge in [0.2, 0.25) is 0 Å². The van der Waals surface area contributed by atoms with Crippen LogP contribution in [0, 0.1) is 0 Å². The minimum absolute atomic E-state index is 0.0393. The lowest BCUT2D eigenvalue weighted by molar-refractivity contribution is -0.152. The van der Waals surface area contributed by atoms with Gasteiger partial charge in [0.25, 0.3) is 11.5 Å². The van der Waals surface area contributed by atoms with Gasteiger partial charge in [-0.2, -0.15) is 0 Å². The molecule has 3 aromatic heterocycles. The van der Waals surface area contributed by atoms with Crippen LogP contribution >= 0.6 is 0 Å². The normalized spacial score (nSPS) is 24.3. The number of furan rings is 1. The molecule has 12 nitrogen and oxygen atoms in total. The predicted octanol–water partition coefficient (Wildman–Crippen LogP) is -2.05. The quantitative estimate of drug-likeness (QED) is 0.437. The number of aryl methyl sites for hydroxylation is 1. The monoisotopic (exact) mass is 419 g/mol. The first-order chi connectivity index (χ1) is 14.3. The number of aromatic nitrogens is 4. The summed E-state index contributed by atoms with van der Waals surface area (Å²) in [5.74, 6) is -0.464. The first-order valence-corrected chi connectivity index (χ1v) is 9.21. The molecule has 0 aliphatic carbocycles. The number of rotatable bonds is 4. The third-order valence-corrected chi connectivity index (χ3v) is 5.32. The van der Waals surface area contributed by atoms with Gasteiger partial charge in [0.05, 0.1) is 37.3 Å². The predicted molar refractivity (Wildman–Crippen MR) is 102 cm³/mol. The Labute approximate surface area is 168 Å². The number of aliphatic hydroxyl groups excluding tert-OH is 2. The Morgan fingerprint density at radius 2 is 2.03 bits per heavy atom. The van der Waals surface area contributed by atoms with E-state index in [1.165, 1.54) is 48.1 Å². The molecule has 0 spiro atoms. The molecule has 3 N–H and O–H groups in total. The van der Waals surface area contributed by atoms with Gasteiger partial charge in [-0.25, -0.2) is 9.78 Å². The molecular weight excluding hydrogens is 398 g/mol. The molecule has 0 aromatic carbocycles. The van der Waals surface area contributed by atoms with Gasteiger partial charge < -0.3 is 29.3 Å². The van der Waals surface area contributed by atoms with E-state index in [0.717, 1.165) is 4.57 Å². The van der Waals surface area contributed by atoms with Crippen molar-refractivity contribution in [2.24, 2.45) is 14.1 Å². The average Bonchev–Trinajstić information content (AvgIpc) is 3.40. The maximum Gasteiger partial charge on any atom is 0.332 e. The molecule has 4 heterocycles. The fourth-order valence-electron chi connectivity index (χ4n) is 3.58. The molecule has 0 saturated carbocycles. The van der Waals surface area contributed by atoms with Crippen LogP contribution in [0.4, 0.5) is 0 Å². The second kappa shape index (κ2) is 7.55. The number of ether oxygens (including phenoxy) is 1. The van der Waals surface area contributed by atoms with E-state index in [1.807, 2.05) is 0 Å². The number of nitrogens with zero attached hydrogens (tertiary/aromatic N) is 4. The molecule has 0 unspecified atom stereocenters. The molecular formula is C18H21N5O7. The number of hydrogen-bond donors (Lipinski definition) is 3. The highest BCUT2D eigenvalue weighted by Gasteiger charge is 2.39. The number of carbonyl (C=O) groups is 1. The van der Waals surface area contributed by atoms with Crippen LogP contribution in [0.2, 0.25) is 0 Å². The molecule has 1 aliphatic heterocycles. The Morgan fingerprint density at radius 3 is 2.73 bits per heavy atom. The molecule has 4 atom stereocenters. The Kier molecular flexibility index (Phi) is 5.05. The number of fused-ring (bicyclic) bond motifs is 1. The summed E-state index contributed by atoms with van der Waals surface area (Å²) in [5, 5.41) is 23.6. The third-order valence-electron chi connectivity index (χ3n) is 5.32. The van der Waals surface area contributed by atoms with E-state index in [4.69, 9.17) is 9.15 Å². The average molecular weight is 419 g/mol. The maximum atomic E-state index is 12.3. The summed E-state index contributed by atoms with van der Waals surface area (Å²) >= 11 is 0. The van der Waals surface area contributed by atoms with Crippen LogP contribution in [0.25, 0.3) is 11.2 Å². The molecule has 160 valence electrons. The van der Waals surface area contributed by atoms with Crippen LogP contribution in [-0.2, 0) is 25.4 Å². The Morgan fingerprint density at radius 1 is 1.27 bits per heavy atom. The fourth-order valence-corrected chi connectivity index (χ4v) is 3.58.